The molecule has 0 aromatic carbocycles. The van der Waals surface area contributed by atoms with Gasteiger partial charge in [0.15, 0.2) is 0 Å². The van der Waals surface area contributed by atoms with Gasteiger partial charge in [-0.05, 0) is 18.9 Å². The van der Waals surface area contributed by atoms with Crippen LogP contribution >= 0.6 is 12.8 Å². The van der Waals surface area contributed by atoms with Gasteiger partial charge in [0.25, 0.3) is 0 Å². The van der Waals surface area contributed by atoms with Gasteiger partial charge in [-0.1, -0.05) is 18.9 Å². The molecule has 0 unspecified atom stereocenters. The molecule has 0 aromatic rings. The largest absolute Gasteiger partial charge is 0.293 e. The van der Waals surface area contributed by atoms with Crippen LogP contribution in [0.15, 0.2) is 17.1 Å². The molecule has 0 saturated heterocycles. The van der Waals surface area contributed by atoms with Gasteiger partial charge in [-0.2, -0.15) is 0 Å². The Labute approximate surface area is 73.5 Å². The second-order valence-corrected chi connectivity index (χ2v) is 3.14. The zero-order valence-electron chi connectivity index (χ0n) is 6.61. The summed E-state index contributed by atoms with van der Waals surface area (Å²) in [5.74, 6) is 0. The summed E-state index contributed by atoms with van der Waals surface area (Å²) >= 11 is 4.31. The number of rotatable bonds is 0. The van der Waals surface area contributed by atoms with E-state index in [2.05, 4.69) is 23.9 Å². The lowest BCUT2D eigenvalue weighted by atomic mass is 10.3. The number of aliphatic imine (C=N–C) groups is 1. The van der Waals surface area contributed by atoms with Crippen LogP contribution in [0.3, 0.4) is 0 Å². The molecule has 0 atom stereocenters. The fourth-order valence-corrected chi connectivity index (χ4v) is 1.23. The molecular weight excluding hydrogens is 156 g/mol. The maximum absolute atomic E-state index is 4.31. The first-order chi connectivity index (χ1) is 5.39. The number of allylic oxidation sites excluding steroid dienone is 1. The monoisotopic (exact) mass is 170 g/mol. The van der Waals surface area contributed by atoms with Crippen LogP contribution in [0.4, 0.5) is 0 Å². The lowest BCUT2D eigenvalue weighted by molar-refractivity contribution is 0.475. The predicted octanol–water partition coefficient (Wildman–Crippen LogP) is 1.55. The van der Waals surface area contributed by atoms with Gasteiger partial charge in [-0.3, -0.25) is 9.30 Å². The highest BCUT2D eigenvalue weighted by atomic mass is 32.1. The average molecular weight is 170 g/mol. The number of thiol groups is 1. The summed E-state index contributed by atoms with van der Waals surface area (Å²) in [4.78, 5) is 4.19. The van der Waals surface area contributed by atoms with Crippen molar-refractivity contribution in [1.29, 1.82) is 0 Å². The standard InChI is InChI=1S/C8H14N2S/c11-10-7-3-1-2-5-9-6-4-8-10/h1-2,5,11H,3-4,6-8H2. The molecule has 2 nitrogen and oxygen atoms in total. The molecule has 0 N–H and O–H groups in total. The summed E-state index contributed by atoms with van der Waals surface area (Å²) in [6.07, 6.45) is 8.18. The molecule has 0 aliphatic carbocycles. The van der Waals surface area contributed by atoms with Crippen molar-refractivity contribution < 1.29 is 0 Å². The van der Waals surface area contributed by atoms with Crippen LogP contribution in [0.5, 0.6) is 0 Å². The van der Waals surface area contributed by atoms with Crippen LogP contribution in [0.2, 0.25) is 0 Å². The maximum atomic E-state index is 4.31. The number of hydrogen-bond acceptors (Lipinski definition) is 3. The van der Waals surface area contributed by atoms with Crippen LogP contribution in [-0.4, -0.2) is 30.2 Å². The number of nitrogens with zero attached hydrogens (tertiary/aromatic N) is 2. The molecule has 0 aromatic heterocycles. The van der Waals surface area contributed by atoms with E-state index in [1.807, 2.05) is 16.6 Å². The molecule has 0 amide bonds. The Kier molecular flexibility index (Phi) is 4.31. The lowest BCUT2D eigenvalue weighted by Gasteiger charge is -2.13. The second kappa shape index (κ2) is 5.38. The third-order valence-electron chi connectivity index (χ3n) is 1.58. The molecule has 0 spiro atoms. The Bertz CT molecular complexity index is 154. The Hall–Kier alpha value is -0.280. The molecule has 0 radical (unpaired) electrons. The molecule has 3 heteroatoms. The Balaban J connectivity index is 2.34. The minimum absolute atomic E-state index is 0.918. The van der Waals surface area contributed by atoms with Gasteiger partial charge >= 0.3 is 0 Å². The Morgan fingerprint density at radius 1 is 1.36 bits per heavy atom. The molecule has 0 bridgehead atoms. The molecule has 1 rings (SSSR count). The van der Waals surface area contributed by atoms with Crippen molar-refractivity contribution in [3.8, 4) is 0 Å². The van der Waals surface area contributed by atoms with E-state index in [0.717, 1.165) is 32.5 Å². The van der Waals surface area contributed by atoms with Gasteiger partial charge in [0.2, 0.25) is 0 Å². The second-order valence-electron chi connectivity index (χ2n) is 2.58. The van der Waals surface area contributed by atoms with E-state index in [-0.39, 0.29) is 0 Å². The average Bonchev–Trinajstić information content (AvgIpc) is 2.03. The topological polar surface area (TPSA) is 15.6 Å². The lowest BCUT2D eigenvalue weighted by Crippen LogP contribution is -2.15. The van der Waals surface area contributed by atoms with Gasteiger partial charge in [-0.15, -0.1) is 0 Å². The fourth-order valence-electron chi connectivity index (χ4n) is 0.972. The molecule has 1 aliphatic heterocycles. The van der Waals surface area contributed by atoms with Crippen molar-refractivity contribution in [1.82, 2.24) is 4.31 Å². The van der Waals surface area contributed by atoms with E-state index in [1.54, 1.807) is 0 Å². The molecule has 1 heterocycles. The SMILES string of the molecule is SN1CCC=CC=NCCC1. The van der Waals surface area contributed by atoms with Crippen molar-refractivity contribution in [3.05, 3.63) is 12.2 Å². The summed E-state index contributed by atoms with van der Waals surface area (Å²) in [6.45, 7) is 2.99. The first-order valence-corrected chi connectivity index (χ1v) is 4.38. The highest BCUT2D eigenvalue weighted by Gasteiger charge is 1.96. The predicted molar refractivity (Wildman–Crippen MR) is 52.3 cm³/mol. The minimum atomic E-state index is 0.918. The van der Waals surface area contributed by atoms with Crippen LogP contribution in [0.25, 0.3) is 0 Å². The molecule has 62 valence electrons. The summed E-state index contributed by atoms with van der Waals surface area (Å²) < 4.78 is 2.05. The zero-order valence-corrected chi connectivity index (χ0v) is 7.50. The Morgan fingerprint density at radius 2 is 2.27 bits per heavy atom. The van der Waals surface area contributed by atoms with Crippen LogP contribution in [0, 0.1) is 0 Å². The van der Waals surface area contributed by atoms with E-state index in [1.165, 1.54) is 0 Å². The number of hydrogen-bond donors (Lipinski definition) is 1. The smallest absolute Gasteiger partial charge is 0.0401 e. The summed E-state index contributed by atoms with van der Waals surface area (Å²) in [6, 6.07) is 0. The molecular formula is C8H14N2S. The third kappa shape index (κ3) is 4.22. The van der Waals surface area contributed by atoms with Crippen molar-refractivity contribution in [2.24, 2.45) is 4.99 Å². The van der Waals surface area contributed by atoms with Gasteiger partial charge in [0.1, 0.15) is 0 Å². The maximum Gasteiger partial charge on any atom is 0.0401 e. The van der Waals surface area contributed by atoms with Crippen LogP contribution < -0.4 is 0 Å². The van der Waals surface area contributed by atoms with Gasteiger partial charge in [0, 0.05) is 25.8 Å². The van der Waals surface area contributed by atoms with Crippen molar-refractivity contribution >= 4 is 19.0 Å². The molecule has 1 aliphatic rings. The van der Waals surface area contributed by atoms with E-state index < -0.39 is 0 Å². The first kappa shape index (κ1) is 8.81. The minimum Gasteiger partial charge on any atom is -0.293 e. The van der Waals surface area contributed by atoms with Gasteiger partial charge < -0.3 is 0 Å². The summed E-state index contributed by atoms with van der Waals surface area (Å²) in [7, 11) is 0. The van der Waals surface area contributed by atoms with Crippen molar-refractivity contribution in [3.63, 3.8) is 0 Å². The van der Waals surface area contributed by atoms with E-state index in [9.17, 15) is 0 Å². The van der Waals surface area contributed by atoms with Crippen molar-refractivity contribution in [2.45, 2.75) is 12.8 Å². The summed E-state index contributed by atoms with van der Waals surface area (Å²) in [5.41, 5.74) is 0. The fraction of sp³-hybridized carbons (Fsp3) is 0.625. The van der Waals surface area contributed by atoms with Crippen molar-refractivity contribution in [2.75, 3.05) is 19.6 Å². The normalized spacial score (nSPS) is 21.9. The quantitative estimate of drug-likeness (QED) is 0.545. The molecule has 11 heavy (non-hydrogen) atoms. The van der Waals surface area contributed by atoms with Gasteiger partial charge in [0.05, 0.1) is 0 Å². The highest BCUT2D eigenvalue weighted by molar-refractivity contribution is 7.77. The Morgan fingerprint density at radius 3 is 3.18 bits per heavy atom. The van der Waals surface area contributed by atoms with E-state index in [0.29, 0.717) is 0 Å². The third-order valence-corrected chi connectivity index (χ3v) is 1.98. The zero-order chi connectivity index (χ0) is 7.94. The van der Waals surface area contributed by atoms with Gasteiger partial charge in [-0.25, -0.2) is 0 Å². The first-order valence-electron chi connectivity index (χ1n) is 3.98. The van der Waals surface area contributed by atoms with E-state index in [4.69, 9.17) is 0 Å². The van der Waals surface area contributed by atoms with Crippen LogP contribution in [0.1, 0.15) is 12.8 Å². The molecule has 0 fully saturated rings. The van der Waals surface area contributed by atoms with E-state index >= 15 is 0 Å². The molecule has 0 saturated carbocycles. The van der Waals surface area contributed by atoms with Crippen LogP contribution in [-0.2, 0) is 0 Å². The highest BCUT2D eigenvalue weighted by Crippen LogP contribution is 1.99. The summed E-state index contributed by atoms with van der Waals surface area (Å²) in [5, 5.41) is 0.